The number of hydrogen-bond donors (Lipinski definition) is 1. The molecule has 2 amide bonds. The molecular formula is C17H24N4O3. The normalized spacial score (nSPS) is 38.7. The molecule has 0 radical (unpaired) electrons. The van der Waals surface area contributed by atoms with Crippen molar-refractivity contribution in [1.82, 2.24) is 14.7 Å². The van der Waals surface area contributed by atoms with E-state index in [1.165, 1.54) is 17.7 Å². The van der Waals surface area contributed by atoms with Crippen molar-refractivity contribution in [2.24, 2.45) is 5.92 Å². The molecule has 2 bridgehead atoms. The number of nitrogens with zero attached hydrogens (tertiary/aromatic N) is 4. The van der Waals surface area contributed by atoms with Gasteiger partial charge < -0.3 is 10.0 Å². The Morgan fingerprint density at radius 2 is 1.75 bits per heavy atom. The lowest BCUT2D eigenvalue weighted by molar-refractivity contribution is -0.138. The van der Waals surface area contributed by atoms with Gasteiger partial charge in [0.2, 0.25) is 5.91 Å². The predicted octanol–water partition coefficient (Wildman–Crippen LogP) is 1.11. The number of rotatable bonds is 2. The Bertz CT molecular complexity index is 583. The smallest absolute Gasteiger partial charge is 0.408 e. The Balaban J connectivity index is 1.55. The van der Waals surface area contributed by atoms with E-state index in [4.69, 9.17) is 0 Å². The maximum Gasteiger partial charge on any atom is 0.408 e. The fourth-order valence-electron chi connectivity index (χ4n) is 5.40. The molecule has 1 saturated carbocycles. The van der Waals surface area contributed by atoms with Gasteiger partial charge in [-0.1, -0.05) is 0 Å². The van der Waals surface area contributed by atoms with E-state index >= 15 is 0 Å². The Morgan fingerprint density at radius 3 is 2.42 bits per heavy atom. The van der Waals surface area contributed by atoms with E-state index in [0.717, 1.165) is 32.4 Å². The zero-order valence-electron chi connectivity index (χ0n) is 13.8. The van der Waals surface area contributed by atoms with Crippen LogP contribution in [0.15, 0.2) is 0 Å². The number of nitriles is 1. The lowest BCUT2D eigenvalue weighted by Crippen LogP contribution is -2.59. The average Bonchev–Trinajstić information content (AvgIpc) is 3.35. The summed E-state index contributed by atoms with van der Waals surface area (Å²) in [5.74, 6) is -0.0436. The van der Waals surface area contributed by atoms with Crippen LogP contribution in [-0.4, -0.2) is 75.6 Å². The summed E-state index contributed by atoms with van der Waals surface area (Å²) >= 11 is 0. The van der Waals surface area contributed by atoms with Crippen LogP contribution >= 0.6 is 0 Å². The summed E-state index contributed by atoms with van der Waals surface area (Å²) < 4.78 is 0. The summed E-state index contributed by atoms with van der Waals surface area (Å²) in [5.41, 5.74) is 0. The van der Waals surface area contributed by atoms with Gasteiger partial charge in [-0.15, -0.1) is 0 Å². The van der Waals surface area contributed by atoms with Crippen molar-refractivity contribution in [3.8, 4) is 6.07 Å². The van der Waals surface area contributed by atoms with Crippen LogP contribution in [0.5, 0.6) is 0 Å². The van der Waals surface area contributed by atoms with Crippen LogP contribution in [0.4, 0.5) is 4.79 Å². The Hall–Kier alpha value is -1.81. The van der Waals surface area contributed by atoms with Gasteiger partial charge in [0.05, 0.1) is 12.1 Å². The molecule has 130 valence electrons. The van der Waals surface area contributed by atoms with E-state index in [-0.39, 0.29) is 30.0 Å². The molecule has 24 heavy (non-hydrogen) atoms. The molecule has 0 aromatic rings. The largest absolute Gasteiger partial charge is 0.465 e. The number of carbonyl (C=O) groups excluding carboxylic acids is 1. The molecule has 4 rings (SSSR count). The molecule has 1 N–H and O–H groups in total. The summed E-state index contributed by atoms with van der Waals surface area (Å²) in [6.07, 6.45) is 4.60. The van der Waals surface area contributed by atoms with Crippen LogP contribution in [0.1, 0.15) is 38.5 Å². The molecule has 3 heterocycles. The number of carbonyl (C=O) groups is 2. The molecule has 5 atom stereocenters. The van der Waals surface area contributed by atoms with E-state index in [1.54, 1.807) is 4.90 Å². The van der Waals surface area contributed by atoms with Gasteiger partial charge in [0, 0.05) is 12.6 Å². The van der Waals surface area contributed by atoms with Gasteiger partial charge in [-0.05, 0) is 57.5 Å². The molecule has 0 unspecified atom stereocenters. The zero-order valence-corrected chi connectivity index (χ0v) is 13.8. The second kappa shape index (κ2) is 5.92. The van der Waals surface area contributed by atoms with Gasteiger partial charge in [-0.2, -0.15) is 5.26 Å². The van der Waals surface area contributed by atoms with Gasteiger partial charge >= 0.3 is 6.09 Å². The van der Waals surface area contributed by atoms with Crippen molar-refractivity contribution in [2.75, 3.05) is 19.6 Å². The first-order valence-corrected chi connectivity index (χ1v) is 9.07. The second-order valence-corrected chi connectivity index (χ2v) is 7.56. The zero-order chi connectivity index (χ0) is 16.8. The van der Waals surface area contributed by atoms with Crippen LogP contribution in [0, 0.1) is 17.2 Å². The van der Waals surface area contributed by atoms with Crippen molar-refractivity contribution in [3.05, 3.63) is 0 Å². The Kier molecular flexibility index (Phi) is 3.87. The summed E-state index contributed by atoms with van der Waals surface area (Å²) in [4.78, 5) is 30.4. The molecule has 0 aromatic heterocycles. The Morgan fingerprint density at radius 1 is 1.04 bits per heavy atom. The van der Waals surface area contributed by atoms with Crippen LogP contribution in [0.3, 0.4) is 0 Å². The highest BCUT2D eigenvalue weighted by Crippen LogP contribution is 2.46. The molecule has 0 spiro atoms. The predicted molar refractivity (Wildman–Crippen MR) is 85.1 cm³/mol. The number of hydrogen-bond acceptors (Lipinski definition) is 4. The van der Waals surface area contributed by atoms with Gasteiger partial charge in [0.1, 0.15) is 12.1 Å². The maximum atomic E-state index is 13.0. The van der Waals surface area contributed by atoms with Gasteiger partial charge in [0.15, 0.2) is 0 Å². The van der Waals surface area contributed by atoms with Gasteiger partial charge in [-0.3, -0.25) is 14.6 Å². The van der Waals surface area contributed by atoms with Crippen molar-refractivity contribution in [2.45, 2.75) is 62.7 Å². The summed E-state index contributed by atoms with van der Waals surface area (Å²) in [7, 11) is 0. The molecule has 1 aliphatic carbocycles. The highest BCUT2D eigenvalue weighted by atomic mass is 16.4. The standard InChI is InChI=1S/C17H24N4O3/c18-10-12-4-3-7-20(12)16(22)15-11-8-13(19-5-1-2-6-19)14(9-11)21(15)17(23)24/h11-15H,1-9H2,(H,23,24)/t11-,12+,13-,14-,15+/m1/s1. The van der Waals surface area contributed by atoms with E-state index in [9.17, 15) is 20.0 Å². The highest BCUT2D eigenvalue weighted by molar-refractivity contribution is 5.87. The fraction of sp³-hybridized carbons (Fsp3) is 0.824. The molecule has 3 saturated heterocycles. The molecule has 3 aliphatic heterocycles. The third-order valence-electron chi connectivity index (χ3n) is 6.40. The molecule has 0 aromatic carbocycles. The van der Waals surface area contributed by atoms with Gasteiger partial charge in [0.25, 0.3) is 0 Å². The van der Waals surface area contributed by atoms with Crippen LogP contribution < -0.4 is 0 Å². The van der Waals surface area contributed by atoms with Crippen molar-refractivity contribution in [1.29, 1.82) is 5.26 Å². The minimum Gasteiger partial charge on any atom is -0.465 e. The molecule has 7 heteroatoms. The van der Waals surface area contributed by atoms with E-state index in [1.807, 2.05) is 0 Å². The maximum absolute atomic E-state index is 13.0. The van der Waals surface area contributed by atoms with E-state index < -0.39 is 12.1 Å². The summed E-state index contributed by atoms with van der Waals surface area (Å²) in [6, 6.07) is 1.42. The first-order chi connectivity index (χ1) is 11.6. The quantitative estimate of drug-likeness (QED) is 0.818. The van der Waals surface area contributed by atoms with Crippen LogP contribution in [0.2, 0.25) is 0 Å². The fourth-order valence-corrected chi connectivity index (χ4v) is 5.40. The Labute approximate surface area is 141 Å². The minimum absolute atomic E-state index is 0.0670. The lowest BCUT2D eigenvalue weighted by atomic mass is 9.94. The average molecular weight is 332 g/mol. The first kappa shape index (κ1) is 15.7. The van der Waals surface area contributed by atoms with Crippen LogP contribution in [0.25, 0.3) is 0 Å². The van der Waals surface area contributed by atoms with E-state index in [2.05, 4.69) is 11.0 Å². The minimum atomic E-state index is -0.988. The SMILES string of the molecule is N#C[C@@H]1CCCN1C(=O)[C@@H]1[C@@H]2C[C@@H](N3CCCC3)[C@@H](C2)N1C(=O)O. The van der Waals surface area contributed by atoms with Gasteiger partial charge in [-0.25, -0.2) is 4.79 Å². The molecule has 4 fully saturated rings. The molecule has 4 aliphatic rings. The molecule has 7 nitrogen and oxygen atoms in total. The number of piperidine rings is 1. The first-order valence-electron chi connectivity index (χ1n) is 9.07. The monoisotopic (exact) mass is 332 g/mol. The lowest BCUT2D eigenvalue weighted by Gasteiger charge is -2.41. The molecular weight excluding hydrogens is 308 g/mol. The summed E-state index contributed by atoms with van der Waals surface area (Å²) in [5, 5.41) is 19.0. The number of amides is 2. The number of likely N-dealkylation sites (tertiary alicyclic amines) is 3. The topological polar surface area (TPSA) is 87.9 Å². The van der Waals surface area contributed by atoms with Crippen molar-refractivity contribution >= 4 is 12.0 Å². The van der Waals surface area contributed by atoms with Crippen molar-refractivity contribution in [3.63, 3.8) is 0 Å². The van der Waals surface area contributed by atoms with Crippen molar-refractivity contribution < 1.29 is 14.7 Å². The number of carboxylic acid groups (broad SMARTS) is 1. The third-order valence-corrected chi connectivity index (χ3v) is 6.40. The third kappa shape index (κ3) is 2.27. The van der Waals surface area contributed by atoms with Crippen LogP contribution in [-0.2, 0) is 4.79 Å². The summed E-state index contributed by atoms with van der Waals surface area (Å²) in [6.45, 7) is 2.67. The second-order valence-electron chi connectivity index (χ2n) is 7.56. The highest BCUT2D eigenvalue weighted by Gasteiger charge is 2.58. The number of fused-ring (bicyclic) bond motifs is 2. The van der Waals surface area contributed by atoms with E-state index in [0.29, 0.717) is 13.0 Å².